The van der Waals surface area contributed by atoms with Gasteiger partial charge in [0, 0.05) is 4.88 Å². The molecule has 0 unspecified atom stereocenters. The van der Waals surface area contributed by atoms with Gasteiger partial charge in [-0.15, -0.1) is 11.3 Å². The Labute approximate surface area is 157 Å². The first-order valence-electron chi connectivity index (χ1n) is 8.48. The Morgan fingerprint density at radius 3 is 2.88 bits per heavy atom. The van der Waals surface area contributed by atoms with Crippen LogP contribution in [0, 0.1) is 11.3 Å². The molecule has 1 atom stereocenters. The van der Waals surface area contributed by atoms with E-state index >= 15 is 0 Å². The molecule has 4 nitrogen and oxygen atoms in total. The Balaban J connectivity index is 1.58. The number of benzene rings is 1. The number of amides is 1. The second kappa shape index (κ2) is 7.34. The molecule has 1 N–H and O–H groups in total. The Hall–Kier alpha value is -1.59. The standard InChI is InChI=1S/C19H23ClN2O2S/c1-19(2,3)12-8-9-14-16(10-12)25-18(21-14)22-17(23)11-24-15-7-5-4-6-13(15)20/h4-7,12H,8-11H2,1-3H3,(H,21,22,23)/t12-/m1/s1. The van der Waals surface area contributed by atoms with Crippen LogP contribution in [0.1, 0.15) is 37.8 Å². The van der Waals surface area contributed by atoms with Crippen LogP contribution in [0.4, 0.5) is 5.13 Å². The number of rotatable bonds is 4. The number of halogens is 1. The third-order valence-corrected chi connectivity index (χ3v) is 5.95. The number of hydrogen-bond donors (Lipinski definition) is 1. The molecule has 1 aliphatic rings. The highest BCUT2D eigenvalue weighted by atomic mass is 35.5. The largest absolute Gasteiger partial charge is 0.482 e. The minimum Gasteiger partial charge on any atom is -0.482 e. The number of nitrogens with zero attached hydrogens (tertiary/aromatic N) is 1. The predicted octanol–water partition coefficient (Wildman–Crippen LogP) is 4.97. The number of para-hydroxylation sites is 1. The topological polar surface area (TPSA) is 51.2 Å². The van der Waals surface area contributed by atoms with E-state index in [1.807, 2.05) is 12.1 Å². The number of aromatic nitrogens is 1. The van der Waals surface area contributed by atoms with Crippen LogP contribution in [-0.2, 0) is 17.6 Å². The molecule has 134 valence electrons. The van der Waals surface area contributed by atoms with Crippen molar-refractivity contribution in [1.29, 1.82) is 0 Å². The summed E-state index contributed by atoms with van der Waals surface area (Å²) in [4.78, 5) is 18.0. The molecule has 25 heavy (non-hydrogen) atoms. The molecule has 0 radical (unpaired) electrons. The average molecular weight is 379 g/mol. The SMILES string of the molecule is CC(C)(C)[C@@H]1CCc2nc(NC(=O)COc3ccccc3Cl)sc2C1. The van der Waals surface area contributed by atoms with Gasteiger partial charge in [0.15, 0.2) is 11.7 Å². The monoisotopic (exact) mass is 378 g/mol. The maximum Gasteiger partial charge on any atom is 0.264 e. The summed E-state index contributed by atoms with van der Waals surface area (Å²) in [7, 11) is 0. The van der Waals surface area contributed by atoms with Crippen molar-refractivity contribution in [2.75, 3.05) is 11.9 Å². The van der Waals surface area contributed by atoms with Crippen molar-refractivity contribution in [2.24, 2.45) is 11.3 Å². The second-order valence-electron chi connectivity index (χ2n) is 7.46. The van der Waals surface area contributed by atoms with Crippen LogP contribution in [0.2, 0.25) is 5.02 Å². The minimum atomic E-state index is -0.224. The number of ether oxygens (including phenoxy) is 1. The van der Waals surface area contributed by atoms with E-state index in [1.54, 1.807) is 23.5 Å². The Morgan fingerprint density at radius 2 is 2.16 bits per heavy atom. The Kier molecular flexibility index (Phi) is 5.35. The van der Waals surface area contributed by atoms with Gasteiger partial charge < -0.3 is 4.74 Å². The van der Waals surface area contributed by atoms with Gasteiger partial charge in [-0.2, -0.15) is 0 Å². The molecule has 1 aliphatic carbocycles. The first-order valence-corrected chi connectivity index (χ1v) is 9.68. The number of fused-ring (bicyclic) bond motifs is 1. The summed E-state index contributed by atoms with van der Waals surface area (Å²) in [6.07, 6.45) is 3.19. The molecular weight excluding hydrogens is 356 g/mol. The summed E-state index contributed by atoms with van der Waals surface area (Å²) in [5.41, 5.74) is 1.43. The van der Waals surface area contributed by atoms with Crippen molar-refractivity contribution in [2.45, 2.75) is 40.0 Å². The van der Waals surface area contributed by atoms with E-state index in [0.717, 1.165) is 25.0 Å². The zero-order valence-electron chi connectivity index (χ0n) is 14.8. The molecule has 1 amide bonds. The van der Waals surface area contributed by atoms with Gasteiger partial charge in [0.1, 0.15) is 5.75 Å². The van der Waals surface area contributed by atoms with Gasteiger partial charge in [-0.05, 0) is 42.7 Å². The van der Waals surface area contributed by atoms with E-state index < -0.39 is 0 Å². The number of carbonyl (C=O) groups is 1. The van der Waals surface area contributed by atoms with Crippen molar-refractivity contribution in [3.05, 3.63) is 39.9 Å². The molecule has 2 aromatic rings. The highest BCUT2D eigenvalue weighted by Crippen LogP contribution is 2.40. The number of carbonyl (C=O) groups excluding carboxylic acids is 1. The van der Waals surface area contributed by atoms with Gasteiger partial charge in [0.25, 0.3) is 5.91 Å². The van der Waals surface area contributed by atoms with Crippen molar-refractivity contribution < 1.29 is 9.53 Å². The predicted molar refractivity (Wildman–Crippen MR) is 103 cm³/mol. The van der Waals surface area contributed by atoms with Crippen molar-refractivity contribution in [3.63, 3.8) is 0 Å². The summed E-state index contributed by atoms with van der Waals surface area (Å²) in [5.74, 6) is 0.941. The highest BCUT2D eigenvalue weighted by Gasteiger charge is 2.30. The van der Waals surface area contributed by atoms with E-state index in [4.69, 9.17) is 16.3 Å². The quantitative estimate of drug-likeness (QED) is 0.817. The normalized spacial score (nSPS) is 17.0. The van der Waals surface area contributed by atoms with Crippen LogP contribution >= 0.6 is 22.9 Å². The summed E-state index contributed by atoms with van der Waals surface area (Å²) in [6.45, 7) is 6.79. The summed E-state index contributed by atoms with van der Waals surface area (Å²) in [6, 6.07) is 7.11. The molecule has 1 heterocycles. The zero-order valence-corrected chi connectivity index (χ0v) is 16.3. The molecule has 0 aliphatic heterocycles. The molecule has 3 rings (SSSR count). The van der Waals surface area contributed by atoms with E-state index in [1.165, 1.54) is 4.88 Å². The van der Waals surface area contributed by atoms with E-state index in [9.17, 15) is 4.79 Å². The fourth-order valence-electron chi connectivity index (χ4n) is 3.03. The van der Waals surface area contributed by atoms with Crippen molar-refractivity contribution in [3.8, 4) is 5.75 Å². The maximum absolute atomic E-state index is 12.1. The smallest absolute Gasteiger partial charge is 0.264 e. The van der Waals surface area contributed by atoms with Crippen LogP contribution in [-0.4, -0.2) is 17.5 Å². The molecule has 0 saturated carbocycles. The lowest BCUT2D eigenvalue weighted by Crippen LogP contribution is -2.26. The molecule has 6 heteroatoms. The molecule has 0 bridgehead atoms. The van der Waals surface area contributed by atoms with Gasteiger partial charge in [0.05, 0.1) is 10.7 Å². The second-order valence-corrected chi connectivity index (χ2v) is 8.95. The fraction of sp³-hybridized carbons (Fsp3) is 0.474. The third-order valence-electron chi connectivity index (χ3n) is 4.61. The van der Waals surface area contributed by atoms with Gasteiger partial charge in [0.2, 0.25) is 0 Å². The summed E-state index contributed by atoms with van der Waals surface area (Å²) >= 11 is 7.60. The van der Waals surface area contributed by atoms with E-state index in [2.05, 4.69) is 31.1 Å². The van der Waals surface area contributed by atoms with Gasteiger partial charge >= 0.3 is 0 Å². The molecule has 0 spiro atoms. The van der Waals surface area contributed by atoms with E-state index in [-0.39, 0.29) is 12.5 Å². The molecule has 0 fully saturated rings. The zero-order chi connectivity index (χ0) is 18.0. The van der Waals surface area contributed by atoms with Crippen LogP contribution in [0.3, 0.4) is 0 Å². The lowest BCUT2D eigenvalue weighted by molar-refractivity contribution is -0.118. The third kappa shape index (κ3) is 4.53. The first kappa shape index (κ1) is 18.2. The minimum absolute atomic E-state index is 0.0847. The number of thiazole rings is 1. The number of hydrogen-bond acceptors (Lipinski definition) is 4. The molecular formula is C19H23ClN2O2S. The van der Waals surface area contributed by atoms with Gasteiger partial charge in [-0.3, -0.25) is 10.1 Å². The summed E-state index contributed by atoms with van der Waals surface area (Å²) < 4.78 is 5.47. The Morgan fingerprint density at radius 1 is 1.40 bits per heavy atom. The number of nitrogens with one attached hydrogen (secondary N) is 1. The van der Waals surface area contributed by atoms with Crippen LogP contribution in [0.5, 0.6) is 5.75 Å². The van der Waals surface area contributed by atoms with Crippen molar-refractivity contribution >= 4 is 34.0 Å². The number of aryl methyl sites for hydroxylation is 1. The highest BCUT2D eigenvalue weighted by molar-refractivity contribution is 7.15. The summed E-state index contributed by atoms with van der Waals surface area (Å²) in [5, 5.41) is 4.00. The lowest BCUT2D eigenvalue weighted by Gasteiger charge is -2.33. The molecule has 1 aromatic carbocycles. The Bertz CT molecular complexity index is 767. The van der Waals surface area contributed by atoms with Gasteiger partial charge in [-0.25, -0.2) is 4.98 Å². The fourth-order valence-corrected chi connectivity index (χ4v) is 4.32. The molecule has 1 aromatic heterocycles. The van der Waals surface area contributed by atoms with Crippen LogP contribution < -0.4 is 10.1 Å². The van der Waals surface area contributed by atoms with Gasteiger partial charge in [-0.1, -0.05) is 44.5 Å². The first-order chi connectivity index (χ1) is 11.8. The maximum atomic E-state index is 12.1. The van der Waals surface area contributed by atoms with Crippen LogP contribution in [0.15, 0.2) is 24.3 Å². The number of anilines is 1. The van der Waals surface area contributed by atoms with E-state index in [0.29, 0.717) is 27.2 Å². The molecule has 0 saturated heterocycles. The average Bonchev–Trinajstić information content (AvgIpc) is 2.94. The van der Waals surface area contributed by atoms with Crippen LogP contribution in [0.25, 0.3) is 0 Å². The lowest BCUT2D eigenvalue weighted by atomic mass is 9.73. The van der Waals surface area contributed by atoms with Crippen molar-refractivity contribution in [1.82, 2.24) is 4.98 Å².